The highest BCUT2D eigenvalue weighted by Gasteiger charge is 2.22. The van der Waals surface area contributed by atoms with Gasteiger partial charge in [0.2, 0.25) is 11.9 Å². The van der Waals surface area contributed by atoms with Crippen LogP contribution in [0.5, 0.6) is 0 Å². The molecule has 10 nitrogen and oxygen atoms in total. The van der Waals surface area contributed by atoms with Gasteiger partial charge in [-0.25, -0.2) is 19.9 Å². The molecule has 436 valence electrons. The minimum absolute atomic E-state index is 0.368. The maximum Gasteiger partial charge on any atom is 0.236 e. The van der Waals surface area contributed by atoms with E-state index in [4.69, 9.17) is 19.9 Å². The SMILES string of the molecule is N#Cc1nc(-n2c3ccccc3c3cc(-c4ccc5c(c4)c4ccccc4n5-c4ccc(-c5ccccc5)cc4)ccc32)nc2ccccc12.N#Cc1nc(-n2c3ccccc3c3cc(-c4ccc5c(c4)c4ccccc4n5-c4ccccc4)ccc32)nc2ccccc12. The normalized spacial score (nSPS) is 11.6. The van der Waals surface area contributed by atoms with Gasteiger partial charge in [0.15, 0.2) is 11.4 Å². The summed E-state index contributed by atoms with van der Waals surface area (Å²) in [7, 11) is 0. The Morgan fingerprint density at radius 3 is 0.872 bits per heavy atom. The first-order valence-electron chi connectivity index (χ1n) is 31.2. The van der Waals surface area contributed by atoms with Crippen LogP contribution in [-0.4, -0.2) is 38.2 Å². The zero-order valence-electron chi connectivity index (χ0n) is 50.3. The molecule has 0 aliphatic rings. The first kappa shape index (κ1) is 53.7. The maximum atomic E-state index is 9.96. The standard InChI is InChI=1S/C45H27N5.C39H23N5/c46-28-40-36-14-4-7-15-39(36)47-45(48-40)50-42-17-9-6-13-35(42)38-27-32(21-25-44(38)50)31-20-24-43-37(26-31)34-12-5-8-16-41(34)49(43)33-22-18-30(19-23-33)29-10-2-1-3-11-29;40-24-34-30-14-4-7-15-33(30)41-39(42-34)44-36-17-9-6-13-29(36)32-23-26(19-21-38(32)44)25-18-20-37-31(22-25)28-12-5-8-16-35(28)43(37)27-10-2-1-3-11-27/h1-27H;1-23H. The van der Waals surface area contributed by atoms with E-state index in [1.165, 1.54) is 54.7 Å². The lowest BCUT2D eigenvalue weighted by Crippen LogP contribution is -2.03. The molecule has 13 aromatic carbocycles. The molecule has 6 heterocycles. The van der Waals surface area contributed by atoms with Gasteiger partial charge in [0.25, 0.3) is 0 Å². The van der Waals surface area contributed by atoms with Crippen LogP contribution in [0.4, 0.5) is 0 Å². The number of nitriles is 2. The Morgan fingerprint density at radius 1 is 0.213 bits per heavy atom. The number of hydrogen-bond donors (Lipinski definition) is 0. The smallest absolute Gasteiger partial charge is 0.236 e. The fourth-order valence-corrected chi connectivity index (χ4v) is 14.1. The lowest BCUT2D eigenvalue weighted by Gasteiger charge is -2.10. The Labute approximate surface area is 538 Å². The van der Waals surface area contributed by atoms with E-state index in [0.29, 0.717) is 23.3 Å². The summed E-state index contributed by atoms with van der Waals surface area (Å²) in [5.41, 5.74) is 20.2. The molecule has 0 aliphatic heterocycles. The van der Waals surface area contributed by atoms with Crippen molar-refractivity contribution in [3.8, 4) is 68.8 Å². The minimum atomic E-state index is 0.368. The van der Waals surface area contributed by atoms with E-state index in [2.05, 4.69) is 267 Å². The summed E-state index contributed by atoms with van der Waals surface area (Å²) in [4.78, 5) is 19.3. The third kappa shape index (κ3) is 8.63. The van der Waals surface area contributed by atoms with Crippen LogP contribution in [0.2, 0.25) is 0 Å². The highest BCUT2D eigenvalue weighted by Crippen LogP contribution is 2.41. The molecule has 0 radical (unpaired) electrons. The number of rotatable bonds is 7. The van der Waals surface area contributed by atoms with Crippen molar-refractivity contribution in [1.29, 1.82) is 10.5 Å². The van der Waals surface area contributed by atoms with Crippen LogP contribution in [0.1, 0.15) is 11.4 Å². The zero-order chi connectivity index (χ0) is 62.4. The van der Waals surface area contributed by atoms with E-state index in [1.807, 2.05) is 66.7 Å². The van der Waals surface area contributed by atoms with Crippen molar-refractivity contribution in [3.05, 3.63) is 315 Å². The van der Waals surface area contributed by atoms with Crippen molar-refractivity contribution in [2.75, 3.05) is 0 Å². The van der Waals surface area contributed by atoms with Gasteiger partial charge >= 0.3 is 0 Å². The van der Waals surface area contributed by atoms with Gasteiger partial charge in [0.1, 0.15) is 12.1 Å². The molecule has 94 heavy (non-hydrogen) atoms. The second-order valence-electron chi connectivity index (χ2n) is 23.6. The van der Waals surface area contributed by atoms with E-state index in [1.54, 1.807) is 0 Å². The number of nitrogens with zero attached hydrogens (tertiary/aromatic N) is 10. The lowest BCUT2D eigenvalue weighted by atomic mass is 10.0. The average Bonchev–Trinajstić information content (AvgIpc) is 1.60. The molecule has 0 atom stereocenters. The highest BCUT2D eigenvalue weighted by molar-refractivity contribution is 6.15. The molecule has 19 aromatic rings. The molecular formula is C84H50N10. The van der Waals surface area contributed by atoms with Gasteiger partial charge in [-0.1, -0.05) is 182 Å². The van der Waals surface area contributed by atoms with Crippen LogP contribution in [-0.2, 0) is 0 Å². The number of fused-ring (bicyclic) bond motifs is 14. The molecule has 0 N–H and O–H groups in total. The Morgan fingerprint density at radius 2 is 0.489 bits per heavy atom. The van der Waals surface area contributed by atoms with Crippen molar-refractivity contribution in [2.24, 2.45) is 0 Å². The first-order chi connectivity index (χ1) is 46.5. The van der Waals surface area contributed by atoms with Gasteiger partial charge in [0, 0.05) is 65.2 Å². The molecule has 0 spiro atoms. The molecular weight excluding hydrogens is 1150 g/mol. The Hall–Kier alpha value is -13.3. The number of para-hydroxylation sites is 7. The van der Waals surface area contributed by atoms with Crippen molar-refractivity contribution in [1.82, 2.24) is 38.2 Å². The van der Waals surface area contributed by atoms with Crippen LogP contribution in [0, 0.1) is 22.7 Å². The summed E-state index contributed by atoms with van der Waals surface area (Å²) >= 11 is 0. The van der Waals surface area contributed by atoms with Gasteiger partial charge < -0.3 is 9.13 Å². The van der Waals surface area contributed by atoms with Crippen molar-refractivity contribution >= 4 is 109 Å². The summed E-state index contributed by atoms with van der Waals surface area (Å²) in [5, 5.41) is 30.7. The summed E-state index contributed by atoms with van der Waals surface area (Å²) in [6.45, 7) is 0. The topological polar surface area (TPSA) is 119 Å². The Balaban J connectivity index is 0.000000139. The summed E-state index contributed by atoms with van der Waals surface area (Å²) < 4.78 is 8.84. The Bertz CT molecular complexity index is 6380. The van der Waals surface area contributed by atoms with Crippen molar-refractivity contribution < 1.29 is 0 Å². The van der Waals surface area contributed by atoms with Crippen molar-refractivity contribution in [3.63, 3.8) is 0 Å². The van der Waals surface area contributed by atoms with E-state index in [9.17, 15) is 10.5 Å². The van der Waals surface area contributed by atoms with Gasteiger partial charge in [-0.2, -0.15) is 10.5 Å². The maximum absolute atomic E-state index is 9.96. The van der Waals surface area contributed by atoms with Gasteiger partial charge in [-0.15, -0.1) is 0 Å². The van der Waals surface area contributed by atoms with Crippen LogP contribution >= 0.6 is 0 Å². The second kappa shape index (κ2) is 21.7. The molecule has 19 rings (SSSR count). The lowest BCUT2D eigenvalue weighted by molar-refractivity contribution is 1.00. The summed E-state index contributed by atoms with van der Waals surface area (Å²) in [5.74, 6) is 0.986. The van der Waals surface area contributed by atoms with Crippen LogP contribution < -0.4 is 0 Å². The predicted molar refractivity (Wildman–Crippen MR) is 382 cm³/mol. The van der Waals surface area contributed by atoms with Gasteiger partial charge in [0.05, 0.1) is 55.2 Å². The molecule has 0 saturated heterocycles. The molecule has 0 unspecified atom stereocenters. The first-order valence-corrected chi connectivity index (χ1v) is 31.2. The Kier molecular flexibility index (Phi) is 12.4. The van der Waals surface area contributed by atoms with E-state index in [-0.39, 0.29) is 0 Å². The average molecular weight is 1200 g/mol. The summed E-state index contributed by atoms with van der Waals surface area (Å²) in [6, 6.07) is 110. The van der Waals surface area contributed by atoms with Crippen LogP contribution in [0.3, 0.4) is 0 Å². The zero-order valence-corrected chi connectivity index (χ0v) is 50.3. The largest absolute Gasteiger partial charge is 0.309 e. The third-order valence-corrected chi connectivity index (χ3v) is 18.4. The second-order valence-corrected chi connectivity index (χ2v) is 23.6. The molecule has 6 aromatic heterocycles. The highest BCUT2D eigenvalue weighted by atomic mass is 15.2. The third-order valence-electron chi connectivity index (χ3n) is 18.4. The fourth-order valence-electron chi connectivity index (χ4n) is 14.1. The number of hydrogen-bond acceptors (Lipinski definition) is 6. The number of benzene rings is 13. The van der Waals surface area contributed by atoms with Crippen LogP contribution in [0.15, 0.2) is 303 Å². The molecule has 0 amide bonds. The monoisotopic (exact) mass is 1200 g/mol. The number of aromatic nitrogens is 8. The van der Waals surface area contributed by atoms with Crippen LogP contribution in [0.25, 0.3) is 166 Å². The van der Waals surface area contributed by atoms with E-state index >= 15 is 0 Å². The molecule has 0 fully saturated rings. The van der Waals surface area contributed by atoms with E-state index in [0.717, 1.165) is 99.0 Å². The quantitative estimate of drug-likeness (QED) is 0.157. The molecule has 0 saturated carbocycles. The van der Waals surface area contributed by atoms with Crippen molar-refractivity contribution in [2.45, 2.75) is 0 Å². The van der Waals surface area contributed by atoms with Gasteiger partial charge in [-0.05, 0) is 155 Å². The fraction of sp³-hybridized carbons (Fsp3) is 0. The minimum Gasteiger partial charge on any atom is -0.309 e. The molecule has 0 bridgehead atoms. The molecule has 0 aliphatic carbocycles. The predicted octanol–water partition coefficient (Wildman–Crippen LogP) is 20.4. The van der Waals surface area contributed by atoms with E-state index < -0.39 is 0 Å². The van der Waals surface area contributed by atoms with Gasteiger partial charge in [-0.3, -0.25) is 9.13 Å². The molecule has 10 heteroatoms. The summed E-state index contributed by atoms with van der Waals surface area (Å²) in [6.07, 6.45) is 0.